The highest BCUT2D eigenvalue weighted by Gasteiger charge is 2.52. The highest BCUT2D eigenvalue weighted by atomic mass is 19.4. The molecule has 11 heteroatoms. The molecule has 3 heterocycles. The highest BCUT2D eigenvalue weighted by Crippen LogP contribution is 2.37. The molecular weight excluding hydrogens is 403 g/mol. The van der Waals surface area contributed by atoms with Crippen LogP contribution in [0.5, 0.6) is 0 Å². The number of aromatic nitrogens is 3. The standard InChI is InChI=1S/C19H22F3N5O3/c1-18(30,19(20,21)22)13-6-5-12(7-23-13)9-27-16(28)14-15(25(2)17(27)29)24-10-26(14)8-11-3-4-11/h5-7,11,24,30H,3-4,8-10H2,1-2H3. The summed E-state index contributed by atoms with van der Waals surface area (Å²) >= 11 is 0. The molecule has 0 aromatic carbocycles. The molecule has 1 atom stereocenters. The Morgan fingerprint density at radius 3 is 2.53 bits per heavy atom. The van der Waals surface area contributed by atoms with Crippen LogP contribution in [0, 0.1) is 5.92 Å². The summed E-state index contributed by atoms with van der Waals surface area (Å²) in [4.78, 5) is 31.4. The zero-order valence-electron chi connectivity index (χ0n) is 16.5. The summed E-state index contributed by atoms with van der Waals surface area (Å²) in [5.74, 6) is 1.01. The molecule has 8 nitrogen and oxygen atoms in total. The maximum atomic E-state index is 13.1. The second-order valence-electron chi connectivity index (χ2n) is 8.05. The lowest BCUT2D eigenvalue weighted by Gasteiger charge is -2.25. The van der Waals surface area contributed by atoms with Gasteiger partial charge >= 0.3 is 11.9 Å². The Balaban J connectivity index is 1.66. The second kappa shape index (κ2) is 6.86. The molecule has 4 rings (SSSR count). The van der Waals surface area contributed by atoms with Gasteiger partial charge in [0.15, 0.2) is 5.60 Å². The summed E-state index contributed by atoms with van der Waals surface area (Å²) in [6.07, 6.45) is -1.52. The van der Waals surface area contributed by atoms with Gasteiger partial charge in [-0.25, -0.2) is 4.79 Å². The predicted octanol–water partition coefficient (Wildman–Crippen LogP) is 1.36. The topological polar surface area (TPSA) is 92.4 Å². The molecule has 0 saturated heterocycles. The highest BCUT2D eigenvalue weighted by molar-refractivity contribution is 5.70. The van der Waals surface area contributed by atoms with Crippen LogP contribution in [0.25, 0.3) is 0 Å². The molecule has 1 fully saturated rings. The number of rotatable bonds is 5. The Bertz CT molecular complexity index is 1080. The number of nitrogens with zero attached hydrogens (tertiary/aromatic N) is 4. The van der Waals surface area contributed by atoms with Crippen molar-refractivity contribution in [2.45, 2.75) is 38.1 Å². The molecule has 162 valence electrons. The van der Waals surface area contributed by atoms with Crippen molar-refractivity contribution in [3.8, 4) is 0 Å². The number of hydrogen-bond donors (Lipinski definition) is 2. The summed E-state index contributed by atoms with van der Waals surface area (Å²) in [6, 6.07) is 2.37. The zero-order valence-corrected chi connectivity index (χ0v) is 16.5. The van der Waals surface area contributed by atoms with E-state index in [0.717, 1.165) is 36.2 Å². The third-order valence-electron chi connectivity index (χ3n) is 5.67. The van der Waals surface area contributed by atoms with Crippen LogP contribution in [0.3, 0.4) is 0 Å². The average molecular weight is 425 g/mol. The van der Waals surface area contributed by atoms with E-state index in [4.69, 9.17) is 0 Å². The molecule has 2 N–H and O–H groups in total. The number of nitrogens with one attached hydrogen (secondary N) is 1. The second-order valence-corrected chi connectivity index (χ2v) is 8.05. The maximum absolute atomic E-state index is 13.1. The molecule has 1 unspecified atom stereocenters. The molecule has 2 aromatic rings. The minimum absolute atomic E-state index is 0.141. The largest absolute Gasteiger partial charge is 0.422 e. The minimum Gasteiger partial charge on any atom is -0.375 e. The van der Waals surface area contributed by atoms with Gasteiger partial charge in [0.1, 0.15) is 11.5 Å². The van der Waals surface area contributed by atoms with E-state index in [1.54, 1.807) is 7.05 Å². The molecule has 0 amide bonds. The van der Waals surface area contributed by atoms with Crippen molar-refractivity contribution < 1.29 is 18.3 Å². The third kappa shape index (κ3) is 3.36. The predicted molar refractivity (Wildman–Crippen MR) is 103 cm³/mol. The summed E-state index contributed by atoms with van der Waals surface area (Å²) in [6.45, 7) is 1.66. The molecule has 2 aliphatic rings. The lowest BCUT2D eigenvalue weighted by Crippen LogP contribution is -2.41. The van der Waals surface area contributed by atoms with E-state index < -0.39 is 28.7 Å². The summed E-state index contributed by atoms with van der Waals surface area (Å²) in [7, 11) is 1.56. The van der Waals surface area contributed by atoms with Crippen molar-refractivity contribution in [3.63, 3.8) is 0 Å². The fourth-order valence-corrected chi connectivity index (χ4v) is 3.53. The quantitative estimate of drug-likeness (QED) is 0.752. The van der Waals surface area contributed by atoms with Crippen LogP contribution in [-0.2, 0) is 19.2 Å². The SMILES string of the molecule is Cn1c2c(c(=O)n(Cc3ccc(C(C)(O)C(F)(F)F)nc3)c1=O)N(CC1CC1)CN2. The Morgan fingerprint density at radius 1 is 1.27 bits per heavy atom. The van der Waals surface area contributed by atoms with Crippen molar-refractivity contribution in [3.05, 3.63) is 50.4 Å². The van der Waals surface area contributed by atoms with E-state index in [0.29, 0.717) is 36.6 Å². The summed E-state index contributed by atoms with van der Waals surface area (Å²) < 4.78 is 41.4. The summed E-state index contributed by atoms with van der Waals surface area (Å²) in [5, 5.41) is 12.8. The summed E-state index contributed by atoms with van der Waals surface area (Å²) in [5.41, 5.74) is -3.85. The van der Waals surface area contributed by atoms with Crippen molar-refractivity contribution in [1.29, 1.82) is 0 Å². The van der Waals surface area contributed by atoms with Gasteiger partial charge in [0, 0.05) is 19.8 Å². The van der Waals surface area contributed by atoms with E-state index in [9.17, 15) is 27.9 Å². The van der Waals surface area contributed by atoms with Gasteiger partial charge in [-0.1, -0.05) is 6.07 Å². The van der Waals surface area contributed by atoms with Gasteiger partial charge in [-0.15, -0.1) is 0 Å². The van der Waals surface area contributed by atoms with E-state index in [1.165, 1.54) is 10.6 Å². The molecule has 0 bridgehead atoms. The van der Waals surface area contributed by atoms with Crippen LogP contribution in [0.2, 0.25) is 0 Å². The van der Waals surface area contributed by atoms with Gasteiger partial charge in [-0.2, -0.15) is 13.2 Å². The lowest BCUT2D eigenvalue weighted by molar-refractivity contribution is -0.260. The average Bonchev–Trinajstić information content (AvgIpc) is 3.40. The van der Waals surface area contributed by atoms with Crippen LogP contribution in [0.4, 0.5) is 24.7 Å². The Kier molecular flexibility index (Phi) is 4.68. The van der Waals surface area contributed by atoms with Crippen LogP contribution in [-0.4, -0.2) is 38.6 Å². The third-order valence-corrected chi connectivity index (χ3v) is 5.67. The fourth-order valence-electron chi connectivity index (χ4n) is 3.53. The van der Waals surface area contributed by atoms with Crippen LogP contribution in [0.1, 0.15) is 31.0 Å². The number of anilines is 2. The monoisotopic (exact) mass is 425 g/mol. The molecule has 1 aliphatic heterocycles. The van der Waals surface area contributed by atoms with E-state index in [1.807, 2.05) is 4.90 Å². The first-order valence-corrected chi connectivity index (χ1v) is 9.58. The van der Waals surface area contributed by atoms with Crippen molar-refractivity contribution in [1.82, 2.24) is 14.1 Å². The van der Waals surface area contributed by atoms with Crippen molar-refractivity contribution in [2.24, 2.45) is 13.0 Å². The number of hydrogen-bond acceptors (Lipinski definition) is 6. The number of halogens is 3. The Labute approximate surface area is 169 Å². The van der Waals surface area contributed by atoms with E-state index >= 15 is 0 Å². The van der Waals surface area contributed by atoms with Crippen LogP contribution >= 0.6 is 0 Å². The Hall–Kier alpha value is -2.82. The smallest absolute Gasteiger partial charge is 0.375 e. The van der Waals surface area contributed by atoms with E-state index in [-0.39, 0.29) is 6.54 Å². The minimum atomic E-state index is -4.88. The first-order valence-electron chi connectivity index (χ1n) is 9.58. The van der Waals surface area contributed by atoms with Crippen LogP contribution < -0.4 is 21.5 Å². The molecule has 0 spiro atoms. The lowest BCUT2D eigenvalue weighted by atomic mass is 10.0. The van der Waals surface area contributed by atoms with Gasteiger partial charge in [-0.05, 0) is 37.3 Å². The molecular formula is C19H22F3N5O3. The molecule has 1 saturated carbocycles. The number of alkyl halides is 3. The van der Waals surface area contributed by atoms with Crippen LogP contribution in [0.15, 0.2) is 27.9 Å². The number of fused-ring (bicyclic) bond motifs is 1. The number of pyridine rings is 1. The van der Waals surface area contributed by atoms with Gasteiger partial charge in [0.25, 0.3) is 5.56 Å². The first kappa shape index (κ1) is 20.5. The molecule has 0 radical (unpaired) electrons. The van der Waals surface area contributed by atoms with Crippen molar-refractivity contribution in [2.75, 3.05) is 23.4 Å². The molecule has 30 heavy (non-hydrogen) atoms. The maximum Gasteiger partial charge on any atom is 0.422 e. The fraction of sp³-hybridized carbons (Fsp3) is 0.526. The normalized spacial score (nSPS) is 18.1. The van der Waals surface area contributed by atoms with Gasteiger partial charge in [0.05, 0.1) is 18.9 Å². The molecule has 2 aromatic heterocycles. The van der Waals surface area contributed by atoms with Gasteiger partial charge in [-0.3, -0.25) is 18.9 Å². The zero-order chi connectivity index (χ0) is 21.8. The molecule has 1 aliphatic carbocycles. The number of aliphatic hydroxyl groups is 1. The van der Waals surface area contributed by atoms with Gasteiger partial charge < -0.3 is 15.3 Å². The Morgan fingerprint density at radius 2 is 1.97 bits per heavy atom. The van der Waals surface area contributed by atoms with Crippen molar-refractivity contribution >= 4 is 11.5 Å². The first-order chi connectivity index (χ1) is 14.0. The van der Waals surface area contributed by atoms with E-state index in [2.05, 4.69) is 10.3 Å². The van der Waals surface area contributed by atoms with Gasteiger partial charge in [0.2, 0.25) is 0 Å².